The lowest BCUT2D eigenvalue weighted by Crippen LogP contribution is -2.36. The van der Waals surface area contributed by atoms with Gasteiger partial charge in [0.15, 0.2) is 5.65 Å². The molecule has 118 valence electrons. The van der Waals surface area contributed by atoms with Crippen LogP contribution in [0.5, 0.6) is 0 Å². The molecule has 2 aromatic rings. The molecule has 1 aliphatic rings. The van der Waals surface area contributed by atoms with E-state index in [4.69, 9.17) is 4.74 Å². The number of ether oxygens (including phenoxy) is 1. The monoisotopic (exact) mass is 306 g/mol. The second-order valence-corrected chi connectivity index (χ2v) is 6.48. The number of imidazole rings is 1. The standard InChI is InChI=1S/C15H19FN4O2/c1-15(2,3)22-14(21)20-6-4-5-11(20)13-18-10-7-9(16)8-17-12(10)19-13/h7-8,11H,4-6H2,1-3H3,(H,17,18,19). The molecule has 3 rings (SSSR count). The maximum Gasteiger partial charge on any atom is 0.410 e. The van der Waals surface area contributed by atoms with Crippen molar-refractivity contribution in [3.05, 3.63) is 23.9 Å². The van der Waals surface area contributed by atoms with Crippen LogP contribution in [-0.2, 0) is 4.74 Å². The molecule has 1 aliphatic heterocycles. The number of amides is 1. The molecule has 3 heterocycles. The molecule has 1 amide bonds. The molecule has 1 N–H and O–H groups in total. The number of hydrogen-bond donors (Lipinski definition) is 1. The van der Waals surface area contributed by atoms with Crippen LogP contribution in [0.3, 0.4) is 0 Å². The van der Waals surface area contributed by atoms with E-state index in [9.17, 15) is 9.18 Å². The van der Waals surface area contributed by atoms with Gasteiger partial charge in [0.05, 0.1) is 17.8 Å². The zero-order valence-corrected chi connectivity index (χ0v) is 12.9. The third kappa shape index (κ3) is 2.88. The van der Waals surface area contributed by atoms with E-state index < -0.39 is 11.4 Å². The molecule has 0 bridgehead atoms. The van der Waals surface area contributed by atoms with Crippen LogP contribution in [0.1, 0.15) is 45.5 Å². The summed E-state index contributed by atoms with van der Waals surface area (Å²) in [5.41, 5.74) is 0.446. The number of H-pyrrole nitrogens is 1. The van der Waals surface area contributed by atoms with Gasteiger partial charge >= 0.3 is 6.09 Å². The summed E-state index contributed by atoms with van der Waals surface area (Å²) < 4.78 is 18.7. The Balaban J connectivity index is 1.86. The molecule has 0 aromatic carbocycles. The van der Waals surface area contributed by atoms with Crippen molar-refractivity contribution in [1.29, 1.82) is 0 Å². The number of fused-ring (bicyclic) bond motifs is 1. The number of nitrogens with zero attached hydrogens (tertiary/aromatic N) is 3. The Hall–Kier alpha value is -2.18. The molecule has 6 nitrogen and oxygen atoms in total. The largest absolute Gasteiger partial charge is 0.444 e. The molecule has 1 unspecified atom stereocenters. The maximum absolute atomic E-state index is 13.2. The quantitative estimate of drug-likeness (QED) is 0.878. The lowest BCUT2D eigenvalue weighted by atomic mass is 10.2. The third-order valence-corrected chi connectivity index (χ3v) is 3.52. The first-order valence-corrected chi connectivity index (χ1v) is 7.34. The van der Waals surface area contributed by atoms with Gasteiger partial charge < -0.3 is 9.72 Å². The van der Waals surface area contributed by atoms with Gasteiger partial charge in [0.25, 0.3) is 0 Å². The minimum atomic E-state index is -0.539. The SMILES string of the molecule is CC(C)(C)OC(=O)N1CCCC1c1nc2ncc(F)cc2[nH]1. The average Bonchev–Trinajstić information content (AvgIpc) is 3.01. The Morgan fingerprint density at radius 3 is 3.00 bits per heavy atom. The van der Waals surface area contributed by atoms with Crippen LogP contribution < -0.4 is 0 Å². The van der Waals surface area contributed by atoms with E-state index in [2.05, 4.69) is 15.0 Å². The summed E-state index contributed by atoms with van der Waals surface area (Å²) in [5, 5.41) is 0. The fourth-order valence-electron chi connectivity index (χ4n) is 2.64. The Morgan fingerprint density at radius 2 is 2.27 bits per heavy atom. The summed E-state index contributed by atoms with van der Waals surface area (Å²) in [6, 6.07) is 1.16. The van der Waals surface area contributed by atoms with E-state index in [-0.39, 0.29) is 12.1 Å². The molecular weight excluding hydrogens is 287 g/mol. The molecule has 0 spiro atoms. The molecule has 2 aromatic heterocycles. The van der Waals surface area contributed by atoms with Crippen molar-refractivity contribution in [3.63, 3.8) is 0 Å². The van der Waals surface area contributed by atoms with Crippen LogP contribution in [0.15, 0.2) is 12.3 Å². The van der Waals surface area contributed by atoms with E-state index in [0.29, 0.717) is 23.5 Å². The molecule has 7 heteroatoms. The molecule has 22 heavy (non-hydrogen) atoms. The van der Waals surface area contributed by atoms with Crippen molar-refractivity contribution in [3.8, 4) is 0 Å². The van der Waals surface area contributed by atoms with E-state index in [1.807, 2.05) is 20.8 Å². The first-order chi connectivity index (χ1) is 10.3. The van der Waals surface area contributed by atoms with Gasteiger partial charge in [-0.05, 0) is 33.6 Å². The van der Waals surface area contributed by atoms with Crippen molar-refractivity contribution in [1.82, 2.24) is 19.9 Å². The zero-order chi connectivity index (χ0) is 15.9. The number of hydrogen-bond acceptors (Lipinski definition) is 4. The minimum absolute atomic E-state index is 0.188. The summed E-state index contributed by atoms with van der Waals surface area (Å²) in [7, 11) is 0. The van der Waals surface area contributed by atoms with Gasteiger partial charge in [0.1, 0.15) is 17.2 Å². The molecule has 1 saturated heterocycles. The van der Waals surface area contributed by atoms with Crippen LogP contribution in [0.4, 0.5) is 9.18 Å². The van der Waals surface area contributed by atoms with Gasteiger partial charge in [0, 0.05) is 12.6 Å². The second-order valence-electron chi connectivity index (χ2n) is 6.48. The highest BCUT2D eigenvalue weighted by Gasteiger charge is 2.35. The zero-order valence-electron chi connectivity index (χ0n) is 12.9. The lowest BCUT2D eigenvalue weighted by molar-refractivity contribution is 0.0219. The van der Waals surface area contributed by atoms with Crippen LogP contribution in [0.25, 0.3) is 11.2 Å². The number of carbonyl (C=O) groups is 1. The first kappa shape index (κ1) is 14.7. The number of aromatic amines is 1. The van der Waals surface area contributed by atoms with E-state index in [1.165, 1.54) is 6.07 Å². The molecule has 0 aliphatic carbocycles. The van der Waals surface area contributed by atoms with Crippen molar-refractivity contribution in [2.75, 3.05) is 6.54 Å². The van der Waals surface area contributed by atoms with Crippen LogP contribution in [-0.4, -0.2) is 38.1 Å². The number of carbonyl (C=O) groups excluding carboxylic acids is 1. The molecule has 1 fully saturated rings. The van der Waals surface area contributed by atoms with Gasteiger partial charge in [-0.25, -0.2) is 19.2 Å². The van der Waals surface area contributed by atoms with Gasteiger partial charge in [0.2, 0.25) is 0 Å². The number of likely N-dealkylation sites (tertiary alicyclic amines) is 1. The van der Waals surface area contributed by atoms with E-state index in [0.717, 1.165) is 19.0 Å². The van der Waals surface area contributed by atoms with Gasteiger partial charge in [-0.3, -0.25) is 4.90 Å². The first-order valence-electron chi connectivity index (χ1n) is 7.34. The van der Waals surface area contributed by atoms with E-state index in [1.54, 1.807) is 4.90 Å². The summed E-state index contributed by atoms with van der Waals surface area (Å²) in [6.07, 6.45) is 2.45. The molecule has 0 radical (unpaired) electrons. The molecule has 0 saturated carbocycles. The third-order valence-electron chi connectivity index (χ3n) is 3.52. The Bertz CT molecular complexity index is 707. The summed E-state index contributed by atoms with van der Waals surface area (Å²) in [4.78, 5) is 25.4. The van der Waals surface area contributed by atoms with Crippen molar-refractivity contribution in [2.45, 2.75) is 45.3 Å². The van der Waals surface area contributed by atoms with Crippen LogP contribution in [0, 0.1) is 5.82 Å². The van der Waals surface area contributed by atoms with Crippen molar-refractivity contribution in [2.24, 2.45) is 0 Å². The van der Waals surface area contributed by atoms with Crippen LogP contribution in [0.2, 0.25) is 0 Å². The topological polar surface area (TPSA) is 71.1 Å². The fraction of sp³-hybridized carbons (Fsp3) is 0.533. The predicted octanol–water partition coefficient (Wildman–Crippen LogP) is 3.17. The van der Waals surface area contributed by atoms with Crippen LogP contribution >= 0.6 is 0 Å². The number of rotatable bonds is 1. The smallest absolute Gasteiger partial charge is 0.410 e. The lowest BCUT2D eigenvalue weighted by Gasteiger charge is -2.27. The number of nitrogens with one attached hydrogen (secondary N) is 1. The number of pyridine rings is 1. The number of halogens is 1. The maximum atomic E-state index is 13.2. The van der Waals surface area contributed by atoms with Crippen molar-refractivity contribution >= 4 is 17.3 Å². The summed E-state index contributed by atoms with van der Waals surface area (Å²) in [5.74, 6) is 0.203. The highest BCUT2D eigenvalue weighted by molar-refractivity contribution is 5.72. The highest BCUT2D eigenvalue weighted by atomic mass is 19.1. The minimum Gasteiger partial charge on any atom is -0.444 e. The normalized spacial score (nSPS) is 18.9. The van der Waals surface area contributed by atoms with Gasteiger partial charge in [-0.2, -0.15) is 0 Å². The average molecular weight is 306 g/mol. The summed E-state index contributed by atoms with van der Waals surface area (Å²) >= 11 is 0. The fourth-order valence-corrected chi connectivity index (χ4v) is 2.64. The summed E-state index contributed by atoms with van der Waals surface area (Å²) in [6.45, 7) is 6.13. The molecule has 1 atom stereocenters. The Labute approximate surface area is 127 Å². The predicted molar refractivity (Wildman–Crippen MR) is 78.8 cm³/mol. The van der Waals surface area contributed by atoms with Crippen molar-refractivity contribution < 1.29 is 13.9 Å². The van der Waals surface area contributed by atoms with E-state index >= 15 is 0 Å². The number of aromatic nitrogens is 3. The second kappa shape index (κ2) is 5.23. The molecular formula is C15H19FN4O2. The highest BCUT2D eigenvalue weighted by Crippen LogP contribution is 2.32. The Morgan fingerprint density at radius 1 is 1.50 bits per heavy atom. The van der Waals surface area contributed by atoms with Gasteiger partial charge in [-0.1, -0.05) is 0 Å². The Kier molecular flexibility index (Phi) is 3.50. The van der Waals surface area contributed by atoms with Gasteiger partial charge in [-0.15, -0.1) is 0 Å².